The van der Waals surface area contributed by atoms with Gasteiger partial charge < -0.3 is 14.4 Å². The molecule has 0 amide bonds. The lowest BCUT2D eigenvalue weighted by Crippen LogP contribution is -2.35. The second kappa shape index (κ2) is 7.04. The molecule has 2 heterocycles. The van der Waals surface area contributed by atoms with Gasteiger partial charge in [-0.15, -0.1) is 0 Å². The van der Waals surface area contributed by atoms with Crippen molar-refractivity contribution < 1.29 is 9.53 Å². The number of ketones is 1. The fourth-order valence-electron chi connectivity index (χ4n) is 2.16. The third-order valence-corrected chi connectivity index (χ3v) is 3.14. The molecular weight excluding hydrogens is 240 g/mol. The molecule has 0 atom stereocenters. The summed E-state index contributed by atoms with van der Waals surface area (Å²) in [4.78, 5) is 17.5. The molecule has 19 heavy (non-hydrogen) atoms. The summed E-state index contributed by atoms with van der Waals surface area (Å²) < 4.78 is 5.39. The molecule has 0 spiro atoms. The van der Waals surface area contributed by atoms with Crippen molar-refractivity contribution in [3.05, 3.63) is 36.2 Å². The average molecular weight is 260 g/mol. The van der Waals surface area contributed by atoms with E-state index in [4.69, 9.17) is 4.74 Å². The van der Waals surface area contributed by atoms with E-state index in [1.54, 1.807) is 13.1 Å². The number of morpholine rings is 1. The highest BCUT2D eigenvalue weighted by Crippen LogP contribution is 2.20. The molecule has 1 aliphatic heterocycles. The number of hydrogen-bond acceptors (Lipinski definition) is 4. The minimum absolute atomic E-state index is 0.226. The van der Waals surface area contributed by atoms with Gasteiger partial charge in [0.2, 0.25) is 0 Å². The summed E-state index contributed by atoms with van der Waals surface area (Å²) in [5.41, 5.74) is 2.27. The molecule has 0 aliphatic carbocycles. The topological polar surface area (TPSA) is 42.4 Å². The molecule has 0 N–H and O–H groups in total. The Labute approximate surface area is 114 Å². The molecule has 1 saturated heterocycles. The Balaban J connectivity index is 2.14. The van der Waals surface area contributed by atoms with Gasteiger partial charge >= 0.3 is 0 Å². The highest BCUT2D eigenvalue weighted by molar-refractivity contribution is 5.76. The lowest BCUT2D eigenvalue weighted by atomic mass is 10.1. The van der Waals surface area contributed by atoms with Crippen LogP contribution in [-0.2, 0) is 9.53 Å². The van der Waals surface area contributed by atoms with Crippen molar-refractivity contribution in [3.63, 3.8) is 0 Å². The number of carbonyl (C=O) groups excluding carboxylic acids is 1. The van der Waals surface area contributed by atoms with Gasteiger partial charge in [0.05, 0.1) is 13.2 Å². The highest BCUT2D eigenvalue weighted by Gasteiger charge is 2.15. The Morgan fingerprint density at radius 2 is 2.26 bits per heavy atom. The Bertz CT molecular complexity index is 437. The van der Waals surface area contributed by atoms with Crippen molar-refractivity contribution in [1.29, 1.82) is 0 Å². The van der Waals surface area contributed by atoms with Gasteiger partial charge in [0.25, 0.3) is 0 Å². The van der Waals surface area contributed by atoms with Crippen LogP contribution in [0.5, 0.6) is 0 Å². The number of hydrogen-bond donors (Lipinski definition) is 0. The molecule has 1 fully saturated rings. The van der Waals surface area contributed by atoms with Crippen LogP contribution in [-0.4, -0.2) is 42.0 Å². The first-order chi connectivity index (χ1) is 9.27. The van der Waals surface area contributed by atoms with E-state index in [-0.39, 0.29) is 5.78 Å². The van der Waals surface area contributed by atoms with E-state index in [2.05, 4.69) is 22.0 Å². The fraction of sp³-hybridized carbons (Fsp3) is 0.467. The number of nitrogens with zero attached hydrogens (tertiary/aromatic N) is 2. The highest BCUT2D eigenvalue weighted by atomic mass is 16.5. The van der Waals surface area contributed by atoms with E-state index in [1.165, 1.54) is 0 Å². The van der Waals surface area contributed by atoms with Crippen molar-refractivity contribution in [3.8, 4) is 0 Å². The van der Waals surface area contributed by atoms with Gasteiger partial charge in [0, 0.05) is 43.2 Å². The summed E-state index contributed by atoms with van der Waals surface area (Å²) in [5.74, 6) is 0.226. The zero-order valence-corrected chi connectivity index (χ0v) is 11.3. The molecule has 4 nitrogen and oxygen atoms in total. The smallest absolute Gasteiger partial charge is 0.130 e. The maximum atomic E-state index is 11.1. The monoisotopic (exact) mass is 260 g/mol. The number of Topliss-reactive ketones (excluding diaryl/α,β-unsaturated/α-hetero) is 1. The molecule has 1 aromatic rings. The molecule has 0 aromatic carbocycles. The molecule has 0 bridgehead atoms. The first-order valence-corrected chi connectivity index (χ1v) is 6.70. The molecule has 1 aliphatic rings. The second-order valence-electron chi connectivity index (χ2n) is 4.67. The van der Waals surface area contributed by atoms with Crippen LogP contribution < -0.4 is 0 Å². The van der Waals surface area contributed by atoms with Crippen molar-refractivity contribution in [2.45, 2.75) is 19.8 Å². The number of rotatable bonds is 5. The first-order valence-electron chi connectivity index (χ1n) is 6.70. The number of allylic oxidation sites excluding steroid dienone is 1. The van der Waals surface area contributed by atoms with E-state index < -0.39 is 0 Å². The SMILES string of the molecule is CC(=O)CC/C=C(/c1cccnc1)N1CCOCC1. The van der Waals surface area contributed by atoms with Gasteiger partial charge in [-0.2, -0.15) is 0 Å². The van der Waals surface area contributed by atoms with E-state index in [1.807, 2.05) is 12.3 Å². The van der Waals surface area contributed by atoms with Gasteiger partial charge in [-0.05, 0) is 25.5 Å². The fourth-order valence-corrected chi connectivity index (χ4v) is 2.16. The summed E-state index contributed by atoms with van der Waals surface area (Å²) in [7, 11) is 0. The predicted octanol–water partition coefficient (Wildman–Crippen LogP) is 2.12. The number of pyridine rings is 1. The van der Waals surface area contributed by atoms with Gasteiger partial charge in [-0.3, -0.25) is 4.98 Å². The molecule has 102 valence electrons. The van der Waals surface area contributed by atoms with Crippen LogP contribution in [0.25, 0.3) is 5.70 Å². The molecule has 0 saturated carbocycles. The van der Waals surface area contributed by atoms with Crippen LogP contribution in [0.2, 0.25) is 0 Å². The van der Waals surface area contributed by atoms with E-state index in [0.717, 1.165) is 44.0 Å². The van der Waals surface area contributed by atoms with E-state index in [0.29, 0.717) is 6.42 Å². The Morgan fingerprint density at radius 3 is 2.89 bits per heavy atom. The Kier molecular flexibility index (Phi) is 5.10. The average Bonchev–Trinajstić information content (AvgIpc) is 2.45. The first kappa shape index (κ1) is 13.7. The summed E-state index contributed by atoms with van der Waals surface area (Å²) in [6, 6.07) is 4.00. The molecule has 1 aromatic heterocycles. The largest absolute Gasteiger partial charge is 0.378 e. The van der Waals surface area contributed by atoms with Crippen molar-refractivity contribution in [2.75, 3.05) is 26.3 Å². The zero-order chi connectivity index (χ0) is 13.5. The number of ether oxygens (including phenoxy) is 1. The Morgan fingerprint density at radius 1 is 1.47 bits per heavy atom. The third kappa shape index (κ3) is 4.17. The van der Waals surface area contributed by atoms with Crippen LogP contribution in [0.3, 0.4) is 0 Å². The van der Waals surface area contributed by atoms with Crippen molar-refractivity contribution in [1.82, 2.24) is 9.88 Å². The minimum Gasteiger partial charge on any atom is -0.378 e. The lowest BCUT2D eigenvalue weighted by molar-refractivity contribution is -0.116. The summed E-state index contributed by atoms with van der Waals surface area (Å²) in [5, 5.41) is 0. The van der Waals surface area contributed by atoms with Crippen LogP contribution in [0, 0.1) is 0 Å². The molecule has 4 heteroatoms. The molecule has 0 radical (unpaired) electrons. The van der Waals surface area contributed by atoms with Crippen molar-refractivity contribution in [2.24, 2.45) is 0 Å². The van der Waals surface area contributed by atoms with Gasteiger partial charge in [0.15, 0.2) is 0 Å². The molecule has 0 unspecified atom stereocenters. The van der Waals surface area contributed by atoms with Gasteiger partial charge in [-0.25, -0.2) is 0 Å². The zero-order valence-electron chi connectivity index (χ0n) is 11.3. The van der Waals surface area contributed by atoms with Crippen LogP contribution >= 0.6 is 0 Å². The Hall–Kier alpha value is -1.68. The van der Waals surface area contributed by atoms with Gasteiger partial charge in [-0.1, -0.05) is 6.08 Å². The third-order valence-electron chi connectivity index (χ3n) is 3.14. The van der Waals surface area contributed by atoms with E-state index in [9.17, 15) is 4.79 Å². The molecule has 2 rings (SSSR count). The van der Waals surface area contributed by atoms with Crippen molar-refractivity contribution >= 4 is 11.5 Å². The summed E-state index contributed by atoms with van der Waals surface area (Å²) in [6.07, 6.45) is 7.15. The second-order valence-corrected chi connectivity index (χ2v) is 4.67. The maximum absolute atomic E-state index is 11.1. The van der Waals surface area contributed by atoms with Crippen LogP contribution in [0.1, 0.15) is 25.3 Å². The lowest BCUT2D eigenvalue weighted by Gasteiger charge is -2.31. The summed E-state index contributed by atoms with van der Waals surface area (Å²) >= 11 is 0. The van der Waals surface area contributed by atoms with Crippen LogP contribution in [0.15, 0.2) is 30.6 Å². The predicted molar refractivity (Wildman–Crippen MR) is 74.5 cm³/mol. The normalized spacial score (nSPS) is 16.5. The summed E-state index contributed by atoms with van der Waals surface area (Å²) in [6.45, 7) is 4.92. The quantitative estimate of drug-likeness (QED) is 0.813. The number of aromatic nitrogens is 1. The van der Waals surface area contributed by atoms with Crippen LogP contribution in [0.4, 0.5) is 0 Å². The van der Waals surface area contributed by atoms with Gasteiger partial charge in [0.1, 0.15) is 5.78 Å². The minimum atomic E-state index is 0.226. The molecular formula is C15H20N2O2. The van der Waals surface area contributed by atoms with E-state index >= 15 is 0 Å². The standard InChI is InChI=1S/C15H20N2O2/c1-13(18)4-2-6-15(14-5-3-7-16-12-14)17-8-10-19-11-9-17/h3,5-7,12H,2,4,8-11H2,1H3/b15-6-. The maximum Gasteiger partial charge on any atom is 0.130 e. The number of carbonyl (C=O) groups is 1.